The second-order valence-electron chi connectivity index (χ2n) is 6.45. The molecule has 1 spiro atoms. The van der Waals surface area contributed by atoms with E-state index in [2.05, 4.69) is 42.2 Å². The molecule has 0 bridgehead atoms. The average Bonchev–Trinajstić information content (AvgIpc) is 2.51. The van der Waals surface area contributed by atoms with Crippen LogP contribution in [0.25, 0.3) is 0 Å². The van der Waals surface area contributed by atoms with Gasteiger partial charge in [0, 0.05) is 25.6 Å². The molecule has 21 heavy (non-hydrogen) atoms. The third-order valence-corrected chi connectivity index (χ3v) is 5.12. The van der Waals surface area contributed by atoms with E-state index < -0.39 is 0 Å². The Morgan fingerprint density at radius 2 is 1.90 bits per heavy atom. The van der Waals surface area contributed by atoms with Crippen molar-refractivity contribution in [1.82, 2.24) is 4.90 Å². The average molecular weight is 289 g/mol. The molecule has 2 unspecified atom stereocenters. The van der Waals surface area contributed by atoms with E-state index in [9.17, 15) is 0 Å². The maximum atomic E-state index is 6.27. The van der Waals surface area contributed by atoms with Gasteiger partial charge in [0.15, 0.2) is 6.29 Å². The Kier molecular flexibility index (Phi) is 4.63. The highest BCUT2D eigenvalue weighted by atomic mass is 16.7. The van der Waals surface area contributed by atoms with Crippen LogP contribution in [0.5, 0.6) is 0 Å². The lowest BCUT2D eigenvalue weighted by atomic mass is 9.77. The predicted molar refractivity (Wildman–Crippen MR) is 84.0 cm³/mol. The van der Waals surface area contributed by atoms with Crippen LogP contribution in [0.4, 0.5) is 0 Å². The zero-order valence-corrected chi connectivity index (χ0v) is 13.3. The van der Waals surface area contributed by atoms with Gasteiger partial charge in [-0.25, -0.2) is 0 Å². The summed E-state index contributed by atoms with van der Waals surface area (Å²) < 4.78 is 12.0. The van der Waals surface area contributed by atoms with E-state index in [1.165, 1.54) is 5.56 Å². The van der Waals surface area contributed by atoms with Crippen LogP contribution in [0.2, 0.25) is 0 Å². The van der Waals surface area contributed by atoms with Gasteiger partial charge in [0.1, 0.15) is 0 Å². The predicted octanol–water partition coefficient (Wildman–Crippen LogP) is 3.44. The molecule has 116 valence electrons. The summed E-state index contributed by atoms with van der Waals surface area (Å²) in [4.78, 5) is 2.55. The number of nitrogens with zero attached hydrogens (tertiary/aromatic N) is 1. The summed E-state index contributed by atoms with van der Waals surface area (Å²) in [6.45, 7) is 8.45. The minimum Gasteiger partial charge on any atom is -0.353 e. The standard InChI is InChI=1S/C18H27NO2/c1-3-17-14-20-15(2)21-18(17)9-11-19(12-10-18)13-16-7-5-4-6-8-16/h4-8,15,17H,3,9-14H2,1-2H3. The molecule has 2 aliphatic heterocycles. The van der Waals surface area contributed by atoms with E-state index in [4.69, 9.17) is 9.47 Å². The SMILES string of the molecule is CCC1COC(C)OC12CCN(Cc1ccccc1)CC2. The first-order valence-electron chi connectivity index (χ1n) is 8.27. The van der Waals surface area contributed by atoms with Gasteiger partial charge in [-0.3, -0.25) is 4.90 Å². The molecule has 2 aliphatic rings. The molecular formula is C18H27NO2. The Bertz CT molecular complexity index is 440. The van der Waals surface area contributed by atoms with Gasteiger partial charge in [-0.15, -0.1) is 0 Å². The molecule has 1 aromatic rings. The fourth-order valence-corrected chi connectivity index (χ4v) is 3.81. The van der Waals surface area contributed by atoms with Crippen LogP contribution in [0.3, 0.4) is 0 Å². The quantitative estimate of drug-likeness (QED) is 0.851. The first-order chi connectivity index (χ1) is 10.2. The van der Waals surface area contributed by atoms with Crippen LogP contribution < -0.4 is 0 Å². The molecule has 0 radical (unpaired) electrons. The smallest absolute Gasteiger partial charge is 0.155 e. The number of hydrogen-bond donors (Lipinski definition) is 0. The van der Waals surface area contributed by atoms with Crippen molar-refractivity contribution in [2.75, 3.05) is 19.7 Å². The van der Waals surface area contributed by atoms with Gasteiger partial charge < -0.3 is 9.47 Å². The second kappa shape index (κ2) is 6.47. The number of rotatable bonds is 3. The highest BCUT2D eigenvalue weighted by molar-refractivity contribution is 5.14. The monoisotopic (exact) mass is 289 g/mol. The summed E-state index contributed by atoms with van der Waals surface area (Å²) in [7, 11) is 0. The van der Waals surface area contributed by atoms with Crippen LogP contribution in [-0.2, 0) is 16.0 Å². The molecule has 0 N–H and O–H groups in total. The Balaban J connectivity index is 1.61. The van der Waals surface area contributed by atoms with Crippen molar-refractivity contribution in [2.45, 2.75) is 51.5 Å². The van der Waals surface area contributed by atoms with Gasteiger partial charge in [-0.1, -0.05) is 37.3 Å². The van der Waals surface area contributed by atoms with Crippen molar-refractivity contribution in [3.8, 4) is 0 Å². The molecule has 3 rings (SSSR count). The highest BCUT2D eigenvalue weighted by Gasteiger charge is 2.45. The van der Waals surface area contributed by atoms with Gasteiger partial charge in [-0.2, -0.15) is 0 Å². The van der Waals surface area contributed by atoms with Gasteiger partial charge in [0.05, 0.1) is 12.2 Å². The van der Waals surface area contributed by atoms with Crippen molar-refractivity contribution in [1.29, 1.82) is 0 Å². The second-order valence-corrected chi connectivity index (χ2v) is 6.45. The maximum Gasteiger partial charge on any atom is 0.155 e. The molecule has 0 amide bonds. The van der Waals surface area contributed by atoms with Gasteiger partial charge in [0.25, 0.3) is 0 Å². The third kappa shape index (κ3) is 3.31. The van der Waals surface area contributed by atoms with Crippen LogP contribution in [-0.4, -0.2) is 36.5 Å². The Morgan fingerprint density at radius 3 is 2.57 bits per heavy atom. The molecule has 3 nitrogen and oxygen atoms in total. The fourth-order valence-electron chi connectivity index (χ4n) is 3.81. The van der Waals surface area contributed by atoms with Crippen molar-refractivity contribution in [3.63, 3.8) is 0 Å². The van der Waals surface area contributed by atoms with E-state index >= 15 is 0 Å². The first kappa shape index (κ1) is 15.0. The van der Waals surface area contributed by atoms with Crippen LogP contribution in [0.15, 0.2) is 30.3 Å². The summed E-state index contributed by atoms with van der Waals surface area (Å²) in [5.41, 5.74) is 1.46. The summed E-state index contributed by atoms with van der Waals surface area (Å²) in [5, 5.41) is 0. The zero-order valence-electron chi connectivity index (χ0n) is 13.3. The molecule has 0 aromatic heterocycles. The number of piperidine rings is 1. The molecule has 0 saturated carbocycles. The minimum absolute atomic E-state index is 0.0477. The van der Waals surface area contributed by atoms with Gasteiger partial charge >= 0.3 is 0 Å². The Hall–Kier alpha value is -0.900. The summed E-state index contributed by atoms with van der Waals surface area (Å²) >= 11 is 0. The molecule has 2 atom stereocenters. The van der Waals surface area contributed by atoms with Crippen LogP contribution in [0.1, 0.15) is 38.7 Å². The van der Waals surface area contributed by atoms with E-state index in [1.807, 2.05) is 6.92 Å². The first-order valence-corrected chi connectivity index (χ1v) is 8.27. The van der Waals surface area contributed by atoms with Crippen LogP contribution in [0, 0.1) is 5.92 Å². The largest absolute Gasteiger partial charge is 0.353 e. The zero-order chi connectivity index (χ0) is 14.7. The minimum atomic E-state index is -0.0477. The lowest BCUT2D eigenvalue weighted by Crippen LogP contribution is -2.56. The lowest BCUT2D eigenvalue weighted by molar-refractivity contribution is -0.286. The molecule has 2 saturated heterocycles. The maximum absolute atomic E-state index is 6.27. The fraction of sp³-hybridized carbons (Fsp3) is 0.667. The van der Waals surface area contributed by atoms with Crippen molar-refractivity contribution in [3.05, 3.63) is 35.9 Å². The van der Waals surface area contributed by atoms with E-state index in [1.54, 1.807) is 0 Å². The van der Waals surface area contributed by atoms with Gasteiger partial charge in [-0.05, 0) is 31.7 Å². The Labute approximate surface area is 128 Å². The molecule has 1 aromatic carbocycles. The van der Waals surface area contributed by atoms with Gasteiger partial charge in [0.2, 0.25) is 0 Å². The molecule has 3 heteroatoms. The number of ether oxygens (including phenoxy) is 2. The lowest BCUT2D eigenvalue weighted by Gasteiger charge is -2.50. The number of likely N-dealkylation sites (tertiary alicyclic amines) is 1. The number of hydrogen-bond acceptors (Lipinski definition) is 3. The van der Waals surface area contributed by atoms with Crippen molar-refractivity contribution in [2.24, 2.45) is 5.92 Å². The summed E-state index contributed by atoms with van der Waals surface area (Å²) in [6.07, 6.45) is 3.36. The molecule has 2 fully saturated rings. The third-order valence-electron chi connectivity index (χ3n) is 5.12. The van der Waals surface area contributed by atoms with E-state index in [-0.39, 0.29) is 11.9 Å². The van der Waals surface area contributed by atoms with Crippen molar-refractivity contribution < 1.29 is 9.47 Å². The van der Waals surface area contributed by atoms with Crippen molar-refractivity contribution >= 4 is 0 Å². The summed E-state index contributed by atoms with van der Waals surface area (Å²) in [6, 6.07) is 10.8. The van der Waals surface area contributed by atoms with Crippen LogP contribution >= 0.6 is 0 Å². The molecule has 2 heterocycles. The Morgan fingerprint density at radius 1 is 1.19 bits per heavy atom. The normalized spacial score (nSPS) is 29.6. The highest BCUT2D eigenvalue weighted by Crippen LogP contribution is 2.40. The van der Waals surface area contributed by atoms with E-state index in [0.29, 0.717) is 5.92 Å². The molecule has 0 aliphatic carbocycles. The number of benzene rings is 1. The van der Waals surface area contributed by atoms with E-state index in [0.717, 1.165) is 45.5 Å². The summed E-state index contributed by atoms with van der Waals surface area (Å²) in [5.74, 6) is 0.549. The molecular weight excluding hydrogens is 262 g/mol. The topological polar surface area (TPSA) is 21.7 Å².